The van der Waals surface area contributed by atoms with E-state index in [4.69, 9.17) is 10.2 Å². The number of rotatable bonds is 10. The molecule has 2 unspecified atom stereocenters. The van der Waals surface area contributed by atoms with Crippen LogP contribution < -0.4 is 0 Å². The monoisotopic (exact) mass is 311 g/mol. The molecule has 0 amide bonds. The molecule has 0 fully saturated rings. The predicted molar refractivity (Wildman–Crippen MR) is 80.8 cm³/mol. The maximum atomic E-state index is 8.75. The third-order valence-corrected chi connectivity index (χ3v) is 3.60. The molecular formula is C16H36O2V. The fourth-order valence-electron chi connectivity index (χ4n) is 1.83. The fourth-order valence-corrected chi connectivity index (χ4v) is 1.83. The van der Waals surface area contributed by atoms with E-state index in [1.807, 2.05) is 0 Å². The zero-order valence-electron chi connectivity index (χ0n) is 13.6. The van der Waals surface area contributed by atoms with Crippen molar-refractivity contribution in [2.75, 3.05) is 13.2 Å². The molecule has 0 aliphatic carbocycles. The second-order valence-corrected chi connectivity index (χ2v) is 5.20. The first-order valence-corrected chi connectivity index (χ1v) is 7.91. The number of aliphatic hydroxyl groups is 2. The summed E-state index contributed by atoms with van der Waals surface area (Å²) in [5.74, 6) is 1.12. The standard InChI is InChI=1S/2C8H18O.V/c2*1-3-5-6-8(4-2)7-9;/h2*8-9H,3-7H2,1-2H3;. The second kappa shape index (κ2) is 20.8. The SMILES string of the molecule is CCCCC(CC)CO.CCCCC(CC)CO.[V]. The van der Waals surface area contributed by atoms with E-state index < -0.39 is 0 Å². The van der Waals surface area contributed by atoms with Crippen molar-refractivity contribution >= 4 is 0 Å². The molecule has 2 nitrogen and oxygen atoms in total. The number of hydrogen-bond donors (Lipinski definition) is 2. The molecule has 2 atom stereocenters. The molecule has 0 saturated heterocycles. The van der Waals surface area contributed by atoms with Gasteiger partial charge in [-0.2, -0.15) is 0 Å². The molecule has 1 radical (unpaired) electrons. The quantitative estimate of drug-likeness (QED) is 0.628. The van der Waals surface area contributed by atoms with Gasteiger partial charge >= 0.3 is 0 Å². The van der Waals surface area contributed by atoms with E-state index in [1.54, 1.807) is 0 Å². The van der Waals surface area contributed by atoms with Gasteiger partial charge in [-0.15, -0.1) is 0 Å². The Morgan fingerprint density at radius 2 is 1.00 bits per heavy atom. The summed E-state index contributed by atoms with van der Waals surface area (Å²) >= 11 is 0. The average Bonchev–Trinajstić information content (AvgIpc) is 2.42. The van der Waals surface area contributed by atoms with Crippen LogP contribution in [0.1, 0.15) is 79.1 Å². The first-order valence-electron chi connectivity index (χ1n) is 7.91. The van der Waals surface area contributed by atoms with Gasteiger partial charge in [0.1, 0.15) is 0 Å². The van der Waals surface area contributed by atoms with Crippen molar-refractivity contribution in [3.8, 4) is 0 Å². The maximum Gasteiger partial charge on any atom is 0.0459 e. The van der Waals surface area contributed by atoms with Crippen molar-refractivity contribution < 1.29 is 28.8 Å². The van der Waals surface area contributed by atoms with Crippen LogP contribution in [-0.2, 0) is 18.6 Å². The summed E-state index contributed by atoms with van der Waals surface area (Å²) in [5, 5.41) is 17.5. The zero-order chi connectivity index (χ0) is 14.2. The summed E-state index contributed by atoms with van der Waals surface area (Å²) in [4.78, 5) is 0. The Labute approximate surface area is 133 Å². The van der Waals surface area contributed by atoms with Gasteiger partial charge < -0.3 is 10.2 Å². The molecule has 0 aromatic carbocycles. The van der Waals surface area contributed by atoms with E-state index in [1.165, 1.54) is 38.5 Å². The smallest absolute Gasteiger partial charge is 0.0459 e. The van der Waals surface area contributed by atoms with Crippen LogP contribution in [0.25, 0.3) is 0 Å². The first-order chi connectivity index (χ1) is 8.69. The summed E-state index contributed by atoms with van der Waals surface area (Å²) in [5.41, 5.74) is 0. The molecule has 19 heavy (non-hydrogen) atoms. The Bertz CT molecular complexity index is 119. The predicted octanol–water partition coefficient (Wildman–Crippen LogP) is 4.39. The maximum absolute atomic E-state index is 8.75. The Balaban J connectivity index is -0.000000256. The molecule has 2 N–H and O–H groups in total. The van der Waals surface area contributed by atoms with Gasteiger partial charge in [-0.3, -0.25) is 0 Å². The van der Waals surface area contributed by atoms with E-state index in [9.17, 15) is 0 Å². The van der Waals surface area contributed by atoms with E-state index >= 15 is 0 Å². The van der Waals surface area contributed by atoms with Gasteiger partial charge in [0.2, 0.25) is 0 Å². The molecule has 0 bridgehead atoms. The average molecular weight is 311 g/mol. The van der Waals surface area contributed by atoms with Gasteiger partial charge in [0.25, 0.3) is 0 Å². The van der Waals surface area contributed by atoms with Crippen molar-refractivity contribution in [1.82, 2.24) is 0 Å². The first kappa shape index (κ1) is 24.5. The van der Waals surface area contributed by atoms with E-state index in [0.717, 1.165) is 12.8 Å². The van der Waals surface area contributed by atoms with Gasteiger partial charge in [0, 0.05) is 31.8 Å². The molecule has 0 aromatic rings. The third kappa shape index (κ3) is 18.5. The van der Waals surface area contributed by atoms with Crippen LogP contribution in [0.4, 0.5) is 0 Å². The van der Waals surface area contributed by atoms with Gasteiger partial charge in [-0.05, 0) is 24.7 Å². The van der Waals surface area contributed by atoms with Crippen LogP contribution in [0.5, 0.6) is 0 Å². The Kier molecular flexibility index (Phi) is 26.9. The Hall–Kier alpha value is 0.504. The van der Waals surface area contributed by atoms with E-state index in [2.05, 4.69) is 27.7 Å². The molecule has 0 aromatic heterocycles. The van der Waals surface area contributed by atoms with Crippen LogP contribution in [0.2, 0.25) is 0 Å². The molecule has 0 spiro atoms. The van der Waals surface area contributed by atoms with Crippen LogP contribution in [0, 0.1) is 11.8 Å². The Morgan fingerprint density at radius 3 is 1.16 bits per heavy atom. The molecule has 0 aliphatic rings. The third-order valence-electron chi connectivity index (χ3n) is 3.60. The van der Waals surface area contributed by atoms with E-state index in [-0.39, 0.29) is 18.6 Å². The van der Waals surface area contributed by atoms with Crippen LogP contribution in [0.3, 0.4) is 0 Å². The topological polar surface area (TPSA) is 40.5 Å². The largest absolute Gasteiger partial charge is 0.396 e. The van der Waals surface area contributed by atoms with Crippen LogP contribution >= 0.6 is 0 Å². The van der Waals surface area contributed by atoms with Gasteiger partial charge in [-0.25, -0.2) is 0 Å². The number of aliphatic hydroxyl groups excluding tert-OH is 2. The zero-order valence-corrected chi connectivity index (χ0v) is 15.0. The second-order valence-electron chi connectivity index (χ2n) is 5.20. The van der Waals surface area contributed by atoms with Crippen molar-refractivity contribution in [2.24, 2.45) is 11.8 Å². The summed E-state index contributed by atoms with van der Waals surface area (Å²) in [7, 11) is 0. The molecule has 0 heterocycles. The minimum absolute atomic E-state index is 0. The van der Waals surface area contributed by atoms with Crippen LogP contribution in [0.15, 0.2) is 0 Å². The summed E-state index contributed by atoms with van der Waals surface area (Å²) in [6.45, 7) is 9.38. The summed E-state index contributed by atoms with van der Waals surface area (Å²) in [6, 6.07) is 0. The molecule has 3 heteroatoms. The summed E-state index contributed by atoms with van der Waals surface area (Å²) < 4.78 is 0. The molecular weight excluding hydrogens is 275 g/mol. The normalized spacial score (nSPS) is 12.9. The van der Waals surface area contributed by atoms with Gasteiger partial charge in [-0.1, -0.05) is 66.2 Å². The number of unbranched alkanes of at least 4 members (excludes halogenated alkanes) is 2. The minimum Gasteiger partial charge on any atom is -0.396 e. The molecule has 0 rings (SSSR count). The molecule has 117 valence electrons. The van der Waals surface area contributed by atoms with Crippen molar-refractivity contribution in [3.63, 3.8) is 0 Å². The van der Waals surface area contributed by atoms with E-state index in [0.29, 0.717) is 25.0 Å². The fraction of sp³-hybridized carbons (Fsp3) is 1.00. The molecule has 0 aliphatic heterocycles. The summed E-state index contributed by atoms with van der Waals surface area (Å²) in [6.07, 6.45) is 9.66. The Morgan fingerprint density at radius 1 is 0.684 bits per heavy atom. The van der Waals surface area contributed by atoms with Gasteiger partial charge in [0.15, 0.2) is 0 Å². The minimum atomic E-state index is 0. The van der Waals surface area contributed by atoms with Crippen molar-refractivity contribution in [1.29, 1.82) is 0 Å². The van der Waals surface area contributed by atoms with Crippen LogP contribution in [-0.4, -0.2) is 23.4 Å². The van der Waals surface area contributed by atoms with Gasteiger partial charge in [0.05, 0.1) is 0 Å². The molecule has 0 saturated carbocycles. The van der Waals surface area contributed by atoms with Crippen molar-refractivity contribution in [3.05, 3.63) is 0 Å². The van der Waals surface area contributed by atoms with Crippen molar-refractivity contribution in [2.45, 2.75) is 79.1 Å². The number of hydrogen-bond acceptors (Lipinski definition) is 2.